The average molecular weight is 192 g/mol. The topological polar surface area (TPSA) is 54.5 Å². The van der Waals surface area contributed by atoms with Gasteiger partial charge in [0, 0.05) is 19.9 Å². The number of rotatable bonds is 5. The van der Waals surface area contributed by atoms with Crippen molar-refractivity contribution in [3.63, 3.8) is 0 Å². The number of hydrogen-bond acceptors (Lipinski definition) is 3. The molecule has 0 aromatic heterocycles. The highest BCUT2D eigenvalue weighted by molar-refractivity contribution is 6.64. The van der Waals surface area contributed by atoms with E-state index in [9.17, 15) is 14.4 Å². The van der Waals surface area contributed by atoms with Crippen LogP contribution in [-0.2, 0) is 14.4 Å². The Hall–Kier alpha value is -0.900. The van der Waals surface area contributed by atoms with Crippen molar-refractivity contribution >= 4 is 29.0 Å². The molecule has 0 aliphatic heterocycles. The minimum Gasteiger partial charge on any atom is -0.337 e. The van der Waals surface area contributed by atoms with E-state index in [-0.39, 0.29) is 25.3 Å². The van der Waals surface area contributed by atoms with Crippen molar-refractivity contribution in [1.82, 2.24) is 4.90 Å². The third-order valence-corrected chi connectivity index (χ3v) is 1.38. The van der Waals surface area contributed by atoms with Gasteiger partial charge in [-0.1, -0.05) is 0 Å². The monoisotopic (exact) mass is 191 g/mol. The van der Waals surface area contributed by atoms with Crippen molar-refractivity contribution in [3.05, 3.63) is 0 Å². The zero-order valence-electron chi connectivity index (χ0n) is 6.75. The van der Waals surface area contributed by atoms with Crippen LogP contribution in [-0.4, -0.2) is 35.9 Å². The Kier molecular flexibility index (Phi) is 5.28. The molecule has 0 heterocycles. The molecule has 0 aliphatic carbocycles. The number of hydrogen-bond donors (Lipinski definition) is 0. The molecule has 0 saturated carbocycles. The number of carbonyl (C=O) groups excluding carboxylic acids is 3. The summed E-state index contributed by atoms with van der Waals surface area (Å²) in [5.74, 6) is -0.254. The van der Waals surface area contributed by atoms with E-state index in [0.29, 0.717) is 6.29 Å². The summed E-state index contributed by atoms with van der Waals surface area (Å²) in [6, 6.07) is 0. The van der Waals surface area contributed by atoms with Gasteiger partial charge in [0.1, 0.15) is 6.29 Å². The second kappa shape index (κ2) is 5.71. The van der Waals surface area contributed by atoms with Crippen molar-refractivity contribution in [1.29, 1.82) is 0 Å². The molecule has 0 unspecified atom stereocenters. The molecule has 0 fully saturated rings. The first-order chi connectivity index (χ1) is 5.57. The summed E-state index contributed by atoms with van der Waals surface area (Å²) in [7, 11) is 1.47. The highest BCUT2D eigenvalue weighted by Gasteiger charge is 2.10. The van der Waals surface area contributed by atoms with Crippen LogP contribution in [0.4, 0.5) is 0 Å². The van der Waals surface area contributed by atoms with Crippen molar-refractivity contribution < 1.29 is 14.4 Å². The predicted octanol–water partition coefficient (Wildman–Crippen LogP) is 0.189. The number of nitrogens with zero attached hydrogens (tertiary/aromatic N) is 1. The van der Waals surface area contributed by atoms with Gasteiger partial charge in [-0.3, -0.25) is 9.59 Å². The van der Waals surface area contributed by atoms with Crippen molar-refractivity contribution in [2.75, 3.05) is 13.6 Å². The lowest BCUT2D eigenvalue weighted by Crippen LogP contribution is -2.30. The molecule has 0 saturated heterocycles. The van der Waals surface area contributed by atoms with Crippen LogP contribution in [0.25, 0.3) is 0 Å². The fraction of sp³-hybridized carbons (Fsp3) is 0.571. The molecule has 0 atom stereocenters. The fourth-order valence-corrected chi connectivity index (χ4v) is 0.827. The highest BCUT2D eigenvalue weighted by atomic mass is 35.5. The number of aldehydes is 1. The number of likely N-dealkylation sites (N-methyl/N-ethyl adjacent to an activating group) is 1. The molecular weight excluding hydrogens is 182 g/mol. The van der Waals surface area contributed by atoms with Crippen LogP contribution in [0.2, 0.25) is 0 Å². The molecule has 68 valence electrons. The van der Waals surface area contributed by atoms with Crippen LogP contribution in [0.1, 0.15) is 12.8 Å². The Labute approximate surface area is 75.5 Å². The quantitative estimate of drug-likeness (QED) is 0.461. The van der Waals surface area contributed by atoms with Crippen molar-refractivity contribution in [2.45, 2.75) is 12.8 Å². The molecule has 5 heteroatoms. The summed E-state index contributed by atoms with van der Waals surface area (Å²) in [5.41, 5.74) is 0. The van der Waals surface area contributed by atoms with Gasteiger partial charge in [-0.25, -0.2) is 0 Å². The molecule has 0 aromatic carbocycles. The van der Waals surface area contributed by atoms with E-state index in [0.717, 1.165) is 0 Å². The van der Waals surface area contributed by atoms with Crippen LogP contribution in [0, 0.1) is 0 Å². The van der Waals surface area contributed by atoms with E-state index >= 15 is 0 Å². The molecule has 12 heavy (non-hydrogen) atoms. The van der Waals surface area contributed by atoms with Gasteiger partial charge in [-0.05, 0) is 11.6 Å². The molecule has 0 aromatic rings. The van der Waals surface area contributed by atoms with Crippen molar-refractivity contribution in [2.24, 2.45) is 0 Å². The molecule has 4 nitrogen and oxygen atoms in total. The molecule has 0 aliphatic rings. The highest BCUT2D eigenvalue weighted by Crippen LogP contribution is 1.94. The van der Waals surface area contributed by atoms with Gasteiger partial charge in [0.25, 0.3) is 0 Å². The van der Waals surface area contributed by atoms with Gasteiger partial charge in [0.15, 0.2) is 0 Å². The van der Waals surface area contributed by atoms with Gasteiger partial charge in [-0.2, -0.15) is 0 Å². The standard InChI is InChI=1S/C7H10ClNO3/c1-9(5-6(8)11)7(12)3-2-4-10/h4H,2-3,5H2,1H3. The Morgan fingerprint density at radius 3 is 2.50 bits per heavy atom. The molecule has 0 spiro atoms. The summed E-state index contributed by atoms with van der Waals surface area (Å²) in [5, 5.41) is -0.586. The lowest BCUT2D eigenvalue weighted by molar-refractivity contribution is -0.133. The van der Waals surface area contributed by atoms with E-state index < -0.39 is 5.24 Å². The van der Waals surface area contributed by atoms with E-state index in [4.69, 9.17) is 11.6 Å². The second-order valence-corrected chi connectivity index (χ2v) is 2.73. The molecule has 1 amide bonds. The Morgan fingerprint density at radius 1 is 1.50 bits per heavy atom. The van der Waals surface area contributed by atoms with Crippen LogP contribution >= 0.6 is 11.6 Å². The normalized spacial score (nSPS) is 9.17. The van der Waals surface area contributed by atoms with E-state index in [1.54, 1.807) is 0 Å². The maximum atomic E-state index is 11.0. The molecule has 0 radical (unpaired) electrons. The van der Waals surface area contributed by atoms with Crippen molar-refractivity contribution in [3.8, 4) is 0 Å². The fourth-order valence-electron chi connectivity index (χ4n) is 0.648. The zero-order chi connectivity index (χ0) is 9.56. The minimum absolute atomic E-state index is 0.112. The first-order valence-electron chi connectivity index (χ1n) is 3.44. The van der Waals surface area contributed by atoms with Crippen LogP contribution in [0.15, 0.2) is 0 Å². The maximum absolute atomic E-state index is 11.0. The Bertz CT molecular complexity index is 193. The minimum atomic E-state index is -0.586. The zero-order valence-corrected chi connectivity index (χ0v) is 7.50. The summed E-state index contributed by atoms with van der Waals surface area (Å²) < 4.78 is 0. The SMILES string of the molecule is CN(CC(=O)Cl)C(=O)CCC=O. The predicted molar refractivity (Wildman–Crippen MR) is 43.8 cm³/mol. The summed E-state index contributed by atoms with van der Waals surface area (Å²) in [4.78, 5) is 32.4. The number of amides is 1. The van der Waals surface area contributed by atoms with E-state index in [1.807, 2.05) is 0 Å². The van der Waals surface area contributed by atoms with Gasteiger partial charge in [-0.15, -0.1) is 0 Å². The molecular formula is C7H10ClNO3. The Balaban J connectivity index is 3.76. The van der Waals surface area contributed by atoms with E-state index in [1.165, 1.54) is 11.9 Å². The summed E-state index contributed by atoms with van der Waals surface area (Å²) >= 11 is 5.05. The van der Waals surface area contributed by atoms with Crippen LogP contribution in [0.3, 0.4) is 0 Å². The molecule has 0 N–H and O–H groups in total. The number of halogens is 1. The third-order valence-electron chi connectivity index (χ3n) is 1.26. The lowest BCUT2D eigenvalue weighted by Gasteiger charge is -2.13. The largest absolute Gasteiger partial charge is 0.337 e. The number of carbonyl (C=O) groups is 3. The van der Waals surface area contributed by atoms with Gasteiger partial charge < -0.3 is 9.69 Å². The Morgan fingerprint density at radius 2 is 2.08 bits per heavy atom. The van der Waals surface area contributed by atoms with Gasteiger partial charge in [0.05, 0.1) is 6.54 Å². The third kappa shape index (κ3) is 4.85. The van der Waals surface area contributed by atoms with Gasteiger partial charge in [0.2, 0.25) is 11.1 Å². The maximum Gasteiger partial charge on any atom is 0.241 e. The van der Waals surface area contributed by atoms with Gasteiger partial charge >= 0.3 is 0 Å². The van der Waals surface area contributed by atoms with E-state index in [2.05, 4.69) is 0 Å². The van der Waals surface area contributed by atoms with Crippen LogP contribution in [0.5, 0.6) is 0 Å². The first-order valence-corrected chi connectivity index (χ1v) is 3.81. The van der Waals surface area contributed by atoms with Crippen LogP contribution < -0.4 is 0 Å². The average Bonchev–Trinajstić information content (AvgIpc) is 1.98. The molecule has 0 bridgehead atoms. The summed E-state index contributed by atoms with van der Waals surface area (Å²) in [6.07, 6.45) is 0.970. The smallest absolute Gasteiger partial charge is 0.241 e. The second-order valence-electron chi connectivity index (χ2n) is 2.31. The molecule has 0 rings (SSSR count). The lowest BCUT2D eigenvalue weighted by atomic mass is 10.3. The summed E-state index contributed by atoms with van der Waals surface area (Å²) in [6.45, 7) is -0.112. The first kappa shape index (κ1) is 11.1.